The molecule has 176 valence electrons. The van der Waals surface area contributed by atoms with E-state index in [-0.39, 0.29) is 0 Å². The Balaban J connectivity index is 1.55. The lowest BCUT2D eigenvalue weighted by atomic mass is 9.96. The summed E-state index contributed by atoms with van der Waals surface area (Å²) < 4.78 is 2.52. The van der Waals surface area contributed by atoms with E-state index in [4.69, 9.17) is 10.7 Å². The molecule has 2 aromatic heterocycles. The van der Waals surface area contributed by atoms with Gasteiger partial charge in [0.2, 0.25) is 0 Å². The van der Waals surface area contributed by atoms with Gasteiger partial charge in [0.05, 0.1) is 17.0 Å². The van der Waals surface area contributed by atoms with Gasteiger partial charge in [0.15, 0.2) is 0 Å². The van der Waals surface area contributed by atoms with Gasteiger partial charge in [-0.1, -0.05) is 72.8 Å². The predicted octanol–water partition coefficient (Wildman–Crippen LogP) is 8.71. The van der Waals surface area contributed by atoms with Crippen LogP contribution >= 0.6 is 11.3 Å². The van der Waals surface area contributed by atoms with Crippen LogP contribution in [-0.2, 0) is 0 Å². The van der Waals surface area contributed by atoms with E-state index in [0.29, 0.717) is 5.57 Å². The first-order valence-corrected chi connectivity index (χ1v) is 12.9. The van der Waals surface area contributed by atoms with Gasteiger partial charge in [0.1, 0.15) is 6.07 Å². The summed E-state index contributed by atoms with van der Waals surface area (Å²) in [5, 5.41) is 14.2. The monoisotopic (exact) mass is 493 g/mol. The van der Waals surface area contributed by atoms with Crippen molar-refractivity contribution in [2.24, 2.45) is 5.73 Å². The number of allylic oxidation sites excluding steroid dienone is 3. The second-order valence-corrected chi connectivity index (χ2v) is 10.1. The van der Waals surface area contributed by atoms with Gasteiger partial charge in [0, 0.05) is 31.9 Å². The highest BCUT2D eigenvalue weighted by molar-refractivity contribution is 7.26. The molecular weight excluding hydrogens is 470 g/mol. The molecule has 4 aromatic carbocycles. The third-order valence-corrected chi connectivity index (χ3v) is 7.80. The molecule has 6 rings (SSSR count). The summed E-state index contributed by atoms with van der Waals surface area (Å²) in [6, 6.07) is 36.3. The number of pyridine rings is 1. The third kappa shape index (κ3) is 4.06. The van der Waals surface area contributed by atoms with E-state index < -0.39 is 0 Å². The molecule has 0 aliphatic rings. The van der Waals surface area contributed by atoms with Crippen LogP contribution in [0.15, 0.2) is 115 Å². The first-order valence-electron chi connectivity index (χ1n) is 12.1. The van der Waals surface area contributed by atoms with E-state index in [1.165, 1.54) is 48.3 Å². The molecule has 0 radical (unpaired) electrons. The maximum absolute atomic E-state index is 9.25. The van der Waals surface area contributed by atoms with Gasteiger partial charge in [-0.05, 0) is 64.7 Å². The van der Waals surface area contributed by atoms with Crippen molar-refractivity contribution in [2.45, 2.75) is 6.92 Å². The zero-order valence-corrected chi connectivity index (χ0v) is 21.1. The molecule has 0 saturated heterocycles. The van der Waals surface area contributed by atoms with Gasteiger partial charge < -0.3 is 5.73 Å². The number of fused-ring (bicyclic) bond motifs is 5. The van der Waals surface area contributed by atoms with Crippen LogP contribution in [0.2, 0.25) is 0 Å². The minimum atomic E-state index is 0.414. The fraction of sp³-hybridized carbons (Fsp3) is 0.0303. The number of thiophene rings is 1. The fourth-order valence-corrected chi connectivity index (χ4v) is 6.09. The molecule has 0 spiro atoms. The Morgan fingerprint density at radius 3 is 2.38 bits per heavy atom. The van der Waals surface area contributed by atoms with Gasteiger partial charge in [-0.2, -0.15) is 5.26 Å². The molecule has 0 aliphatic heterocycles. The van der Waals surface area contributed by atoms with Crippen LogP contribution in [0.3, 0.4) is 0 Å². The average Bonchev–Trinajstić information content (AvgIpc) is 3.34. The van der Waals surface area contributed by atoms with Crippen molar-refractivity contribution in [3.63, 3.8) is 0 Å². The van der Waals surface area contributed by atoms with Crippen molar-refractivity contribution in [2.75, 3.05) is 0 Å². The molecule has 0 saturated carbocycles. The smallest absolute Gasteiger partial charge is 0.101 e. The van der Waals surface area contributed by atoms with Crippen molar-refractivity contribution < 1.29 is 0 Å². The Labute approximate surface area is 219 Å². The van der Waals surface area contributed by atoms with Crippen molar-refractivity contribution >= 4 is 47.9 Å². The molecule has 0 atom stereocenters. The highest BCUT2D eigenvalue weighted by Crippen LogP contribution is 2.43. The first kappa shape index (κ1) is 22.7. The van der Waals surface area contributed by atoms with Gasteiger partial charge in [0.25, 0.3) is 0 Å². The molecule has 0 aliphatic carbocycles. The van der Waals surface area contributed by atoms with E-state index in [9.17, 15) is 5.26 Å². The molecule has 6 aromatic rings. The number of hydrogen-bond donors (Lipinski definition) is 1. The molecule has 3 nitrogen and oxygen atoms in total. The first-order chi connectivity index (χ1) is 18.2. The second kappa shape index (κ2) is 9.39. The largest absolute Gasteiger partial charge is 0.404 e. The van der Waals surface area contributed by atoms with Crippen LogP contribution in [0.5, 0.6) is 0 Å². The fourth-order valence-electron chi connectivity index (χ4n) is 4.89. The topological polar surface area (TPSA) is 62.7 Å². The maximum Gasteiger partial charge on any atom is 0.101 e. The Morgan fingerprint density at radius 2 is 1.59 bits per heavy atom. The summed E-state index contributed by atoms with van der Waals surface area (Å²) in [5.74, 6) is 0. The SMILES string of the molecule is C/C(=C\C(C#N)=C/N)c1cccc(-c2cc3sc4cc(-c5ccccc5)ccc4c3c3ccccc23)n1. The maximum atomic E-state index is 9.25. The van der Waals surface area contributed by atoms with Crippen LogP contribution in [0.1, 0.15) is 12.6 Å². The zero-order valence-electron chi connectivity index (χ0n) is 20.3. The molecule has 2 heterocycles. The van der Waals surface area contributed by atoms with Crippen molar-refractivity contribution in [1.82, 2.24) is 4.98 Å². The zero-order chi connectivity index (χ0) is 25.4. The van der Waals surface area contributed by atoms with Crippen LogP contribution in [-0.4, -0.2) is 4.98 Å². The quantitative estimate of drug-likeness (QED) is 0.197. The lowest BCUT2D eigenvalue weighted by Gasteiger charge is -2.10. The molecule has 0 bridgehead atoms. The normalized spacial score (nSPS) is 12.3. The number of benzene rings is 4. The van der Waals surface area contributed by atoms with Gasteiger partial charge in [-0.3, -0.25) is 0 Å². The highest BCUT2D eigenvalue weighted by Gasteiger charge is 2.15. The van der Waals surface area contributed by atoms with Crippen molar-refractivity contribution in [3.8, 4) is 28.5 Å². The summed E-state index contributed by atoms with van der Waals surface area (Å²) in [6.45, 7) is 1.95. The second-order valence-electron chi connectivity index (χ2n) is 8.99. The molecule has 2 N–H and O–H groups in total. The standard InChI is InChI=1S/C33H23N3S/c1-21(16-22(19-34)20-35)29-12-7-13-30(36-29)28-18-32-33(26-11-6-5-10-25(26)28)27-15-14-24(17-31(27)37-32)23-8-3-2-4-9-23/h2-19H,34H2,1H3/b21-16+,22-19+. The minimum absolute atomic E-state index is 0.414. The summed E-state index contributed by atoms with van der Waals surface area (Å²) in [7, 11) is 0. The van der Waals surface area contributed by atoms with E-state index in [1.807, 2.05) is 36.5 Å². The van der Waals surface area contributed by atoms with Gasteiger partial charge in [-0.25, -0.2) is 4.98 Å². The Morgan fingerprint density at radius 1 is 0.811 bits per heavy atom. The number of nitrogens with zero attached hydrogens (tertiary/aromatic N) is 2. The number of rotatable bonds is 4. The average molecular weight is 494 g/mol. The number of hydrogen-bond acceptors (Lipinski definition) is 4. The summed E-state index contributed by atoms with van der Waals surface area (Å²) in [5.41, 5.74) is 12.1. The summed E-state index contributed by atoms with van der Waals surface area (Å²) in [6.07, 6.45) is 3.09. The van der Waals surface area contributed by atoms with E-state index in [2.05, 4.69) is 84.9 Å². The predicted molar refractivity (Wildman–Crippen MR) is 157 cm³/mol. The van der Waals surface area contributed by atoms with E-state index >= 15 is 0 Å². The number of nitrogens with two attached hydrogens (primary N) is 1. The Hall–Kier alpha value is -4.72. The Kier molecular flexibility index (Phi) is 5.76. The molecule has 0 fully saturated rings. The van der Waals surface area contributed by atoms with Gasteiger partial charge >= 0.3 is 0 Å². The summed E-state index contributed by atoms with van der Waals surface area (Å²) >= 11 is 1.82. The molecular formula is C33H23N3S. The Bertz CT molecular complexity index is 1900. The summed E-state index contributed by atoms with van der Waals surface area (Å²) in [4.78, 5) is 4.99. The van der Waals surface area contributed by atoms with Crippen LogP contribution in [0.4, 0.5) is 0 Å². The lowest BCUT2D eigenvalue weighted by Crippen LogP contribution is -1.92. The highest BCUT2D eigenvalue weighted by atomic mass is 32.1. The minimum Gasteiger partial charge on any atom is -0.404 e. The molecule has 4 heteroatoms. The number of aromatic nitrogens is 1. The van der Waals surface area contributed by atoms with Crippen molar-refractivity contribution in [3.05, 3.63) is 121 Å². The van der Waals surface area contributed by atoms with Gasteiger partial charge in [-0.15, -0.1) is 11.3 Å². The molecule has 0 unspecified atom stereocenters. The van der Waals surface area contributed by atoms with Crippen molar-refractivity contribution in [1.29, 1.82) is 5.26 Å². The lowest BCUT2D eigenvalue weighted by molar-refractivity contribution is 1.27. The van der Waals surface area contributed by atoms with E-state index in [1.54, 1.807) is 6.08 Å². The van der Waals surface area contributed by atoms with Crippen LogP contribution in [0.25, 0.3) is 58.9 Å². The van der Waals surface area contributed by atoms with Crippen LogP contribution < -0.4 is 5.73 Å². The number of nitriles is 1. The van der Waals surface area contributed by atoms with Crippen LogP contribution in [0, 0.1) is 11.3 Å². The third-order valence-electron chi connectivity index (χ3n) is 6.70. The molecule has 0 amide bonds. The molecule has 37 heavy (non-hydrogen) atoms. The van der Waals surface area contributed by atoms with E-state index in [0.717, 1.165) is 22.5 Å².